The Bertz CT molecular complexity index is 487. The summed E-state index contributed by atoms with van der Waals surface area (Å²) in [6, 6.07) is 7.11. The summed E-state index contributed by atoms with van der Waals surface area (Å²) in [6.07, 6.45) is 0. The lowest BCUT2D eigenvalue weighted by molar-refractivity contribution is 0.217. The molecule has 0 bridgehead atoms. The maximum absolute atomic E-state index is 12.0. The third-order valence-electron chi connectivity index (χ3n) is 2.88. The van der Waals surface area contributed by atoms with E-state index in [0.717, 1.165) is 5.56 Å². The Kier molecular flexibility index (Phi) is 6.27. The fourth-order valence-electron chi connectivity index (χ4n) is 1.83. The van der Waals surface area contributed by atoms with Crippen LogP contribution in [0.15, 0.2) is 24.3 Å². The summed E-state index contributed by atoms with van der Waals surface area (Å²) in [7, 11) is 1.63. The molecule has 1 aromatic carbocycles. The number of ether oxygens (including phenoxy) is 2. The molecule has 0 aliphatic carbocycles. The first-order valence-electron chi connectivity index (χ1n) is 6.03. The Morgan fingerprint density at radius 1 is 1.26 bits per heavy atom. The summed E-state index contributed by atoms with van der Waals surface area (Å²) in [5, 5.41) is 3.03. The first kappa shape index (κ1) is 15.9. The fraction of sp³-hybridized carbons (Fsp3) is 0.538. The Hall–Kier alpha value is -1.11. The van der Waals surface area contributed by atoms with Gasteiger partial charge < -0.3 is 14.8 Å². The molecule has 0 amide bonds. The van der Waals surface area contributed by atoms with Gasteiger partial charge in [0.15, 0.2) is 9.84 Å². The second-order valence-corrected chi connectivity index (χ2v) is 6.42. The van der Waals surface area contributed by atoms with E-state index in [9.17, 15) is 8.42 Å². The maximum Gasteiger partial charge on any atom is 0.154 e. The van der Waals surface area contributed by atoms with Crippen LogP contribution in [0.5, 0.6) is 5.75 Å². The van der Waals surface area contributed by atoms with Crippen LogP contribution in [0, 0.1) is 0 Å². The zero-order valence-corrected chi connectivity index (χ0v) is 12.4. The first-order valence-corrected chi connectivity index (χ1v) is 7.85. The second-order valence-electron chi connectivity index (χ2n) is 4.19. The number of methoxy groups -OCH3 is 2. The number of para-hydroxylation sites is 1. The number of hydrogen-bond acceptors (Lipinski definition) is 5. The predicted molar refractivity (Wildman–Crippen MR) is 75.3 cm³/mol. The zero-order chi connectivity index (χ0) is 14.3. The third kappa shape index (κ3) is 4.81. The van der Waals surface area contributed by atoms with Crippen molar-refractivity contribution in [1.29, 1.82) is 0 Å². The fourth-order valence-corrected chi connectivity index (χ4v) is 3.27. The molecule has 0 heterocycles. The molecule has 1 rings (SSSR count). The lowest BCUT2D eigenvalue weighted by Crippen LogP contribution is -2.28. The Balaban J connectivity index is 2.89. The van der Waals surface area contributed by atoms with Gasteiger partial charge in [-0.2, -0.15) is 0 Å². The molecule has 19 heavy (non-hydrogen) atoms. The SMILES string of the molecule is CNC(CS(=O)(=O)CCOC)c1ccccc1OC. The van der Waals surface area contributed by atoms with Crippen LogP contribution in [0.2, 0.25) is 0 Å². The molecule has 108 valence electrons. The van der Waals surface area contributed by atoms with E-state index in [0.29, 0.717) is 5.75 Å². The van der Waals surface area contributed by atoms with Crippen molar-refractivity contribution in [3.05, 3.63) is 29.8 Å². The van der Waals surface area contributed by atoms with Gasteiger partial charge in [-0.3, -0.25) is 0 Å². The maximum atomic E-state index is 12.0. The Morgan fingerprint density at radius 3 is 2.53 bits per heavy atom. The molecule has 0 saturated carbocycles. The summed E-state index contributed by atoms with van der Waals surface area (Å²) in [6.45, 7) is 0.213. The number of benzene rings is 1. The van der Waals surface area contributed by atoms with Crippen molar-refractivity contribution in [1.82, 2.24) is 5.32 Å². The van der Waals surface area contributed by atoms with Crippen molar-refractivity contribution >= 4 is 9.84 Å². The highest BCUT2D eigenvalue weighted by Crippen LogP contribution is 2.25. The Labute approximate surface area is 114 Å². The molecule has 0 spiro atoms. The lowest BCUT2D eigenvalue weighted by atomic mass is 10.1. The Morgan fingerprint density at radius 2 is 1.95 bits per heavy atom. The molecule has 0 aliphatic rings. The van der Waals surface area contributed by atoms with Crippen LogP contribution in [0.25, 0.3) is 0 Å². The predicted octanol–water partition coefficient (Wildman–Crippen LogP) is 1.02. The standard InChI is InChI=1S/C13H21NO4S/c1-14-12(10-19(15,16)9-8-17-2)11-6-4-5-7-13(11)18-3/h4-7,12,14H,8-10H2,1-3H3. The largest absolute Gasteiger partial charge is 0.496 e. The molecule has 5 nitrogen and oxygen atoms in total. The molecule has 0 aromatic heterocycles. The molecule has 1 atom stereocenters. The summed E-state index contributed by atoms with van der Waals surface area (Å²) >= 11 is 0. The van der Waals surface area contributed by atoms with Crippen LogP contribution in [-0.2, 0) is 14.6 Å². The van der Waals surface area contributed by atoms with Gasteiger partial charge >= 0.3 is 0 Å². The number of hydrogen-bond donors (Lipinski definition) is 1. The molecule has 1 unspecified atom stereocenters. The van der Waals surface area contributed by atoms with Crippen molar-refractivity contribution in [2.24, 2.45) is 0 Å². The summed E-state index contributed by atoms with van der Waals surface area (Å²) in [4.78, 5) is 0. The minimum absolute atomic E-state index is 0.0211. The molecule has 0 radical (unpaired) electrons. The molecule has 0 saturated heterocycles. The highest BCUT2D eigenvalue weighted by atomic mass is 32.2. The molecular weight excluding hydrogens is 266 g/mol. The summed E-state index contributed by atoms with van der Waals surface area (Å²) in [5.41, 5.74) is 0.841. The van der Waals surface area contributed by atoms with Crippen molar-refractivity contribution in [3.8, 4) is 5.75 Å². The minimum atomic E-state index is -3.17. The van der Waals surface area contributed by atoms with Crippen LogP contribution in [0.4, 0.5) is 0 Å². The first-order chi connectivity index (χ1) is 9.04. The molecule has 0 aliphatic heterocycles. The van der Waals surface area contributed by atoms with E-state index in [4.69, 9.17) is 9.47 Å². The van der Waals surface area contributed by atoms with Crippen LogP contribution in [0.1, 0.15) is 11.6 Å². The van der Waals surface area contributed by atoms with E-state index in [1.54, 1.807) is 14.2 Å². The van der Waals surface area contributed by atoms with Gasteiger partial charge in [0, 0.05) is 18.7 Å². The van der Waals surface area contributed by atoms with Gasteiger partial charge in [0.1, 0.15) is 5.75 Å². The highest BCUT2D eigenvalue weighted by molar-refractivity contribution is 7.91. The molecule has 1 aromatic rings. The molecule has 1 N–H and O–H groups in total. The summed E-state index contributed by atoms with van der Waals surface area (Å²) < 4.78 is 34.0. The van der Waals surface area contributed by atoms with Crippen molar-refractivity contribution in [2.45, 2.75) is 6.04 Å². The molecule has 6 heteroatoms. The zero-order valence-electron chi connectivity index (χ0n) is 11.5. The second kappa shape index (κ2) is 7.47. The highest BCUT2D eigenvalue weighted by Gasteiger charge is 2.21. The third-order valence-corrected chi connectivity index (χ3v) is 4.51. The molecule has 0 fully saturated rings. The number of rotatable bonds is 8. The van der Waals surface area contributed by atoms with E-state index >= 15 is 0 Å². The van der Waals surface area contributed by atoms with Gasteiger partial charge in [0.2, 0.25) is 0 Å². The van der Waals surface area contributed by atoms with Crippen LogP contribution < -0.4 is 10.1 Å². The van der Waals surface area contributed by atoms with Crippen LogP contribution in [0.3, 0.4) is 0 Å². The minimum Gasteiger partial charge on any atom is -0.496 e. The monoisotopic (exact) mass is 287 g/mol. The molecular formula is C13H21NO4S. The van der Waals surface area contributed by atoms with E-state index in [1.807, 2.05) is 24.3 Å². The smallest absolute Gasteiger partial charge is 0.154 e. The lowest BCUT2D eigenvalue weighted by Gasteiger charge is -2.19. The van der Waals surface area contributed by atoms with E-state index in [2.05, 4.69) is 5.32 Å². The van der Waals surface area contributed by atoms with Crippen LogP contribution >= 0.6 is 0 Å². The topological polar surface area (TPSA) is 64.6 Å². The quantitative estimate of drug-likeness (QED) is 0.773. The van der Waals surface area contributed by atoms with Gasteiger partial charge in [0.25, 0.3) is 0 Å². The van der Waals surface area contributed by atoms with Crippen molar-refractivity contribution < 1.29 is 17.9 Å². The normalized spacial score (nSPS) is 13.2. The van der Waals surface area contributed by atoms with Crippen molar-refractivity contribution in [2.75, 3.05) is 39.4 Å². The van der Waals surface area contributed by atoms with Gasteiger partial charge in [-0.05, 0) is 13.1 Å². The summed E-state index contributed by atoms with van der Waals surface area (Å²) in [5.74, 6) is 0.730. The van der Waals surface area contributed by atoms with Gasteiger partial charge in [-0.25, -0.2) is 8.42 Å². The van der Waals surface area contributed by atoms with Gasteiger partial charge in [-0.1, -0.05) is 18.2 Å². The average molecular weight is 287 g/mol. The average Bonchev–Trinajstić information content (AvgIpc) is 2.42. The van der Waals surface area contributed by atoms with Gasteiger partial charge in [-0.15, -0.1) is 0 Å². The number of nitrogens with one attached hydrogen (secondary N) is 1. The number of sulfone groups is 1. The van der Waals surface area contributed by atoms with E-state index in [-0.39, 0.29) is 24.2 Å². The van der Waals surface area contributed by atoms with Gasteiger partial charge in [0.05, 0.1) is 25.2 Å². The van der Waals surface area contributed by atoms with E-state index < -0.39 is 9.84 Å². The van der Waals surface area contributed by atoms with Crippen molar-refractivity contribution in [3.63, 3.8) is 0 Å². The van der Waals surface area contributed by atoms with Crippen LogP contribution in [-0.4, -0.2) is 47.8 Å². The van der Waals surface area contributed by atoms with E-state index in [1.165, 1.54) is 7.11 Å².